The van der Waals surface area contributed by atoms with Crippen molar-refractivity contribution >= 4 is 11.8 Å². The Morgan fingerprint density at radius 2 is 1.84 bits per heavy atom. The quantitative estimate of drug-likeness (QED) is 0.885. The molecule has 1 N–H and O–H groups in total. The zero-order valence-corrected chi connectivity index (χ0v) is 15.1. The summed E-state index contributed by atoms with van der Waals surface area (Å²) >= 11 is 0. The molecule has 1 aliphatic carbocycles. The third-order valence-electron chi connectivity index (χ3n) is 5.59. The predicted octanol–water partition coefficient (Wildman–Crippen LogP) is 1.68. The summed E-state index contributed by atoms with van der Waals surface area (Å²) in [6.45, 7) is 2.86. The van der Waals surface area contributed by atoms with Crippen molar-refractivity contribution in [3.8, 4) is 0 Å². The van der Waals surface area contributed by atoms with E-state index in [4.69, 9.17) is 0 Å². The Hall–Kier alpha value is -1.88. The van der Waals surface area contributed by atoms with Gasteiger partial charge in [0.2, 0.25) is 11.8 Å². The van der Waals surface area contributed by atoms with E-state index >= 15 is 0 Å². The van der Waals surface area contributed by atoms with Gasteiger partial charge in [0.15, 0.2) is 0 Å². The highest BCUT2D eigenvalue weighted by Crippen LogP contribution is 2.27. The van der Waals surface area contributed by atoms with Gasteiger partial charge in [-0.05, 0) is 24.8 Å². The van der Waals surface area contributed by atoms with E-state index in [0.29, 0.717) is 6.54 Å². The predicted molar refractivity (Wildman–Crippen MR) is 98.1 cm³/mol. The van der Waals surface area contributed by atoms with Gasteiger partial charge >= 0.3 is 0 Å². The average molecular weight is 343 g/mol. The molecular formula is C20H29N3O2. The zero-order chi connectivity index (χ0) is 17.6. The van der Waals surface area contributed by atoms with E-state index in [-0.39, 0.29) is 23.8 Å². The number of carbonyl (C=O) groups excluding carboxylic acids is 2. The number of nitrogens with zero attached hydrogens (tertiary/aromatic N) is 2. The topological polar surface area (TPSA) is 52.7 Å². The Bertz CT molecular complexity index is 584. The molecule has 1 aromatic rings. The Morgan fingerprint density at radius 3 is 2.52 bits per heavy atom. The molecule has 2 amide bonds. The first-order chi connectivity index (χ1) is 12.2. The standard InChI is InChI=1S/C20H29N3O2/c1-21-19(24)18-15-23(20(25)17-9-5-6-10-17)14-13-22(18)12-11-16-7-3-2-4-8-16/h2-4,7-8,17-18H,5-6,9-15H2,1H3,(H,21,24)/t18-/m1/s1. The minimum atomic E-state index is -0.243. The summed E-state index contributed by atoms with van der Waals surface area (Å²) in [5, 5.41) is 2.77. The minimum Gasteiger partial charge on any atom is -0.358 e. The van der Waals surface area contributed by atoms with Gasteiger partial charge in [0, 0.05) is 39.1 Å². The van der Waals surface area contributed by atoms with Gasteiger partial charge in [0.1, 0.15) is 6.04 Å². The van der Waals surface area contributed by atoms with Crippen LogP contribution in [0.25, 0.3) is 0 Å². The number of nitrogens with one attached hydrogen (secondary N) is 1. The fourth-order valence-corrected chi connectivity index (χ4v) is 4.05. The van der Waals surface area contributed by atoms with E-state index in [2.05, 4.69) is 22.3 Å². The van der Waals surface area contributed by atoms with E-state index in [1.807, 2.05) is 23.1 Å². The number of benzene rings is 1. The lowest BCUT2D eigenvalue weighted by Crippen LogP contribution is -2.60. The molecule has 0 unspecified atom stereocenters. The van der Waals surface area contributed by atoms with Crippen LogP contribution in [-0.4, -0.2) is 60.9 Å². The monoisotopic (exact) mass is 343 g/mol. The fourth-order valence-electron chi connectivity index (χ4n) is 4.05. The summed E-state index contributed by atoms with van der Waals surface area (Å²) in [5.41, 5.74) is 1.28. The Morgan fingerprint density at radius 1 is 1.12 bits per heavy atom. The van der Waals surface area contributed by atoms with Crippen molar-refractivity contribution in [3.05, 3.63) is 35.9 Å². The fraction of sp³-hybridized carbons (Fsp3) is 0.600. The van der Waals surface area contributed by atoms with Gasteiger partial charge in [-0.3, -0.25) is 14.5 Å². The second-order valence-electron chi connectivity index (χ2n) is 7.17. The van der Waals surface area contributed by atoms with E-state index in [9.17, 15) is 9.59 Å². The SMILES string of the molecule is CNC(=O)[C@H]1CN(C(=O)C2CCCC2)CCN1CCc1ccccc1. The number of amides is 2. The molecule has 1 aliphatic heterocycles. The molecule has 5 heteroatoms. The summed E-state index contributed by atoms with van der Waals surface area (Å²) in [5.74, 6) is 0.451. The van der Waals surface area contributed by atoms with E-state index in [1.165, 1.54) is 5.56 Å². The van der Waals surface area contributed by atoms with Gasteiger partial charge in [-0.15, -0.1) is 0 Å². The van der Waals surface area contributed by atoms with E-state index in [1.54, 1.807) is 7.05 Å². The summed E-state index contributed by atoms with van der Waals surface area (Å²) in [6, 6.07) is 10.1. The van der Waals surface area contributed by atoms with Gasteiger partial charge in [-0.2, -0.15) is 0 Å². The summed E-state index contributed by atoms with van der Waals surface area (Å²) < 4.78 is 0. The highest BCUT2D eigenvalue weighted by Gasteiger charge is 2.36. The number of rotatable bonds is 5. The van der Waals surface area contributed by atoms with Crippen LogP contribution in [0, 0.1) is 5.92 Å². The molecule has 1 aromatic carbocycles. The van der Waals surface area contributed by atoms with Crippen LogP contribution in [0.15, 0.2) is 30.3 Å². The summed E-state index contributed by atoms with van der Waals surface area (Å²) in [4.78, 5) is 29.3. The van der Waals surface area contributed by atoms with Gasteiger partial charge in [0.05, 0.1) is 0 Å². The van der Waals surface area contributed by atoms with Crippen LogP contribution in [0.3, 0.4) is 0 Å². The first-order valence-electron chi connectivity index (χ1n) is 9.47. The molecule has 0 radical (unpaired) electrons. The molecule has 2 aliphatic rings. The third kappa shape index (κ3) is 4.40. The molecule has 136 valence electrons. The highest BCUT2D eigenvalue weighted by atomic mass is 16.2. The van der Waals surface area contributed by atoms with Gasteiger partial charge in [-0.1, -0.05) is 43.2 Å². The maximum Gasteiger partial charge on any atom is 0.238 e. The maximum atomic E-state index is 12.7. The highest BCUT2D eigenvalue weighted by molar-refractivity contribution is 5.84. The molecular weight excluding hydrogens is 314 g/mol. The zero-order valence-electron chi connectivity index (χ0n) is 15.1. The van der Waals surface area contributed by atoms with Crippen LogP contribution in [0.1, 0.15) is 31.2 Å². The Labute approximate surface area is 150 Å². The first kappa shape index (κ1) is 17.9. The lowest BCUT2D eigenvalue weighted by atomic mass is 10.0. The number of hydrogen-bond donors (Lipinski definition) is 1. The van der Waals surface area contributed by atoms with Crippen LogP contribution in [-0.2, 0) is 16.0 Å². The van der Waals surface area contributed by atoms with Crippen LogP contribution in [0.2, 0.25) is 0 Å². The normalized spacial score (nSPS) is 22.1. The lowest BCUT2D eigenvalue weighted by molar-refractivity contribution is -0.141. The summed E-state index contributed by atoms with van der Waals surface area (Å²) in [7, 11) is 1.68. The number of likely N-dealkylation sites (N-methyl/N-ethyl adjacent to an activating group) is 1. The van der Waals surface area contributed by atoms with Crippen LogP contribution >= 0.6 is 0 Å². The van der Waals surface area contributed by atoms with Gasteiger partial charge in [0.25, 0.3) is 0 Å². The van der Waals surface area contributed by atoms with Crippen LogP contribution in [0.5, 0.6) is 0 Å². The molecule has 5 nitrogen and oxygen atoms in total. The van der Waals surface area contributed by atoms with Crippen molar-refractivity contribution in [1.29, 1.82) is 0 Å². The number of piperazine rings is 1. The molecule has 1 heterocycles. The Balaban J connectivity index is 1.62. The van der Waals surface area contributed by atoms with Crippen LogP contribution in [0.4, 0.5) is 0 Å². The van der Waals surface area contributed by atoms with E-state index in [0.717, 1.165) is 51.7 Å². The maximum absolute atomic E-state index is 12.7. The molecule has 1 saturated carbocycles. The second-order valence-corrected chi connectivity index (χ2v) is 7.17. The molecule has 2 fully saturated rings. The lowest BCUT2D eigenvalue weighted by Gasteiger charge is -2.41. The van der Waals surface area contributed by atoms with E-state index < -0.39 is 0 Å². The first-order valence-corrected chi connectivity index (χ1v) is 9.47. The largest absolute Gasteiger partial charge is 0.358 e. The van der Waals surface area contributed by atoms with Crippen LogP contribution < -0.4 is 5.32 Å². The summed E-state index contributed by atoms with van der Waals surface area (Å²) in [6.07, 6.45) is 5.26. The molecule has 0 aromatic heterocycles. The molecule has 0 spiro atoms. The van der Waals surface area contributed by atoms with Gasteiger partial charge in [-0.25, -0.2) is 0 Å². The van der Waals surface area contributed by atoms with Crippen molar-refractivity contribution in [2.45, 2.75) is 38.1 Å². The molecule has 1 atom stereocenters. The molecule has 0 bridgehead atoms. The minimum absolute atomic E-state index is 0.0111. The number of carbonyl (C=O) groups is 2. The molecule has 3 rings (SSSR count). The second kappa shape index (κ2) is 8.48. The number of hydrogen-bond acceptors (Lipinski definition) is 3. The van der Waals surface area contributed by atoms with Crippen molar-refractivity contribution in [2.24, 2.45) is 5.92 Å². The van der Waals surface area contributed by atoms with Crippen molar-refractivity contribution in [3.63, 3.8) is 0 Å². The molecule has 25 heavy (non-hydrogen) atoms. The molecule has 1 saturated heterocycles. The third-order valence-corrected chi connectivity index (χ3v) is 5.59. The van der Waals surface area contributed by atoms with Crippen molar-refractivity contribution < 1.29 is 9.59 Å². The smallest absolute Gasteiger partial charge is 0.238 e. The van der Waals surface area contributed by atoms with Gasteiger partial charge < -0.3 is 10.2 Å². The van der Waals surface area contributed by atoms with Crippen molar-refractivity contribution in [2.75, 3.05) is 33.2 Å². The Kier molecular flexibility index (Phi) is 6.08. The average Bonchev–Trinajstić information content (AvgIpc) is 3.20. The van der Waals surface area contributed by atoms with Crippen molar-refractivity contribution in [1.82, 2.24) is 15.1 Å².